The third-order valence-corrected chi connectivity index (χ3v) is 3.46. The second kappa shape index (κ2) is 5.71. The summed E-state index contributed by atoms with van der Waals surface area (Å²) in [6.07, 6.45) is 1.45. The standard InChI is InChI=1S/C12H14Cl2N2O/c13-9-1-3-11(14)8(5-9)6-15-10-2-4-12(17)16-7-10/h1,3,5,10,15H,2,4,6-7H2,(H,16,17). The fraction of sp³-hybridized carbons (Fsp3) is 0.417. The first-order chi connectivity index (χ1) is 8.15. The van der Waals surface area contributed by atoms with E-state index in [1.165, 1.54) is 0 Å². The van der Waals surface area contributed by atoms with Crippen LogP contribution in [0.4, 0.5) is 0 Å². The van der Waals surface area contributed by atoms with Crippen LogP contribution in [0.3, 0.4) is 0 Å². The maximum atomic E-state index is 11.0. The third kappa shape index (κ3) is 3.60. The molecule has 1 aromatic carbocycles. The van der Waals surface area contributed by atoms with E-state index in [2.05, 4.69) is 10.6 Å². The summed E-state index contributed by atoms with van der Waals surface area (Å²) in [5.41, 5.74) is 0.982. The van der Waals surface area contributed by atoms with E-state index in [4.69, 9.17) is 23.2 Å². The molecule has 0 bridgehead atoms. The van der Waals surface area contributed by atoms with Gasteiger partial charge in [0.1, 0.15) is 0 Å². The van der Waals surface area contributed by atoms with Gasteiger partial charge in [0, 0.05) is 35.6 Å². The van der Waals surface area contributed by atoms with E-state index in [1.807, 2.05) is 6.07 Å². The second-order valence-electron chi connectivity index (χ2n) is 4.16. The van der Waals surface area contributed by atoms with Crippen LogP contribution >= 0.6 is 23.2 Å². The summed E-state index contributed by atoms with van der Waals surface area (Å²) in [7, 11) is 0. The molecule has 2 N–H and O–H groups in total. The normalized spacial score (nSPS) is 20.1. The average molecular weight is 273 g/mol. The molecular formula is C12H14Cl2N2O. The van der Waals surface area contributed by atoms with Crippen molar-refractivity contribution >= 4 is 29.1 Å². The zero-order valence-corrected chi connectivity index (χ0v) is 10.8. The number of amides is 1. The number of nitrogens with one attached hydrogen (secondary N) is 2. The second-order valence-corrected chi connectivity index (χ2v) is 5.00. The molecule has 0 radical (unpaired) electrons. The minimum atomic E-state index is 0.129. The zero-order valence-electron chi connectivity index (χ0n) is 9.30. The molecule has 1 unspecified atom stereocenters. The highest BCUT2D eigenvalue weighted by Crippen LogP contribution is 2.20. The highest BCUT2D eigenvalue weighted by atomic mass is 35.5. The van der Waals surface area contributed by atoms with Gasteiger partial charge in [0.05, 0.1) is 0 Å². The molecule has 1 aliphatic heterocycles. The molecule has 0 saturated carbocycles. The van der Waals surface area contributed by atoms with Crippen molar-refractivity contribution in [2.24, 2.45) is 0 Å². The molecule has 2 rings (SSSR count). The van der Waals surface area contributed by atoms with Crippen molar-refractivity contribution in [1.82, 2.24) is 10.6 Å². The highest BCUT2D eigenvalue weighted by Gasteiger charge is 2.17. The quantitative estimate of drug-likeness (QED) is 0.887. The summed E-state index contributed by atoms with van der Waals surface area (Å²) < 4.78 is 0. The Hall–Kier alpha value is -0.770. The van der Waals surface area contributed by atoms with Crippen LogP contribution in [0.15, 0.2) is 18.2 Å². The van der Waals surface area contributed by atoms with Crippen molar-refractivity contribution in [3.63, 3.8) is 0 Å². The predicted octanol–water partition coefficient (Wildman–Crippen LogP) is 2.36. The minimum absolute atomic E-state index is 0.129. The lowest BCUT2D eigenvalue weighted by atomic mass is 10.1. The van der Waals surface area contributed by atoms with Gasteiger partial charge in [0.25, 0.3) is 0 Å². The molecule has 1 fully saturated rings. The molecule has 1 atom stereocenters. The van der Waals surface area contributed by atoms with Gasteiger partial charge in [-0.3, -0.25) is 4.79 Å². The fourth-order valence-electron chi connectivity index (χ4n) is 1.84. The van der Waals surface area contributed by atoms with Gasteiger partial charge < -0.3 is 10.6 Å². The Balaban J connectivity index is 1.89. The van der Waals surface area contributed by atoms with Gasteiger partial charge in [-0.1, -0.05) is 23.2 Å². The molecule has 1 heterocycles. The van der Waals surface area contributed by atoms with Gasteiger partial charge in [-0.15, -0.1) is 0 Å². The van der Waals surface area contributed by atoms with Gasteiger partial charge in [-0.25, -0.2) is 0 Å². The molecule has 0 aliphatic carbocycles. The molecule has 0 spiro atoms. The van der Waals surface area contributed by atoms with Crippen LogP contribution in [-0.4, -0.2) is 18.5 Å². The number of hydrogen-bond acceptors (Lipinski definition) is 2. The molecule has 1 saturated heterocycles. The number of carbonyl (C=O) groups is 1. The SMILES string of the molecule is O=C1CCC(NCc2cc(Cl)ccc2Cl)CN1. The molecule has 1 aliphatic rings. The Morgan fingerprint density at radius 2 is 2.24 bits per heavy atom. The van der Waals surface area contributed by atoms with Crippen molar-refractivity contribution in [1.29, 1.82) is 0 Å². The molecule has 1 amide bonds. The smallest absolute Gasteiger partial charge is 0.220 e. The molecule has 1 aromatic rings. The van der Waals surface area contributed by atoms with Crippen molar-refractivity contribution in [2.75, 3.05) is 6.54 Å². The monoisotopic (exact) mass is 272 g/mol. The van der Waals surface area contributed by atoms with Crippen LogP contribution in [0.2, 0.25) is 10.0 Å². The maximum Gasteiger partial charge on any atom is 0.220 e. The van der Waals surface area contributed by atoms with E-state index in [9.17, 15) is 4.79 Å². The van der Waals surface area contributed by atoms with Crippen molar-refractivity contribution in [3.8, 4) is 0 Å². The van der Waals surface area contributed by atoms with Gasteiger partial charge in [0.15, 0.2) is 0 Å². The summed E-state index contributed by atoms with van der Waals surface area (Å²) in [5, 5.41) is 7.60. The van der Waals surface area contributed by atoms with E-state index < -0.39 is 0 Å². The van der Waals surface area contributed by atoms with Crippen LogP contribution in [0.25, 0.3) is 0 Å². The van der Waals surface area contributed by atoms with Crippen LogP contribution in [0.1, 0.15) is 18.4 Å². The first-order valence-electron chi connectivity index (χ1n) is 5.59. The lowest BCUT2D eigenvalue weighted by molar-refractivity contribution is -0.122. The van der Waals surface area contributed by atoms with Crippen LogP contribution in [0.5, 0.6) is 0 Å². The van der Waals surface area contributed by atoms with Crippen LogP contribution in [-0.2, 0) is 11.3 Å². The van der Waals surface area contributed by atoms with E-state index in [-0.39, 0.29) is 5.91 Å². The van der Waals surface area contributed by atoms with Gasteiger partial charge >= 0.3 is 0 Å². The number of piperidine rings is 1. The van der Waals surface area contributed by atoms with E-state index in [1.54, 1.807) is 12.1 Å². The Kier molecular flexibility index (Phi) is 4.26. The van der Waals surface area contributed by atoms with Gasteiger partial charge in [-0.2, -0.15) is 0 Å². The highest BCUT2D eigenvalue weighted by molar-refractivity contribution is 6.33. The Bertz CT molecular complexity index is 413. The summed E-state index contributed by atoms with van der Waals surface area (Å²) in [6, 6.07) is 5.73. The summed E-state index contributed by atoms with van der Waals surface area (Å²) >= 11 is 12.0. The first kappa shape index (κ1) is 12.7. The largest absolute Gasteiger partial charge is 0.355 e. The summed E-state index contributed by atoms with van der Waals surface area (Å²) in [6.45, 7) is 1.34. The summed E-state index contributed by atoms with van der Waals surface area (Å²) in [4.78, 5) is 11.0. The third-order valence-electron chi connectivity index (χ3n) is 2.85. The predicted molar refractivity (Wildman–Crippen MR) is 69.3 cm³/mol. The zero-order chi connectivity index (χ0) is 12.3. The Labute approximate surface area is 110 Å². The van der Waals surface area contributed by atoms with Crippen LogP contribution in [0, 0.1) is 0 Å². The lowest BCUT2D eigenvalue weighted by Crippen LogP contribution is -2.45. The number of rotatable bonds is 3. The maximum absolute atomic E-state index is 11.0. The van der Waals surface area contributed by atoms with E-state index in [0.717, 1.165) is 12.0 Å². The fourth-order valence-corrected chi connectivity index (χ4v) is 2.22. The average Bonchev–Trinajstić information content (AvgIpc) is 2.32. The molecule has 17 heavy (non-hydrogen) atoms. The molecule has 0 aromatic heterocycles. The topological polar surface area (TPSA) is 41.1 Å². The van der Waals surface area contributed by atoms with Crippen molar-refractivity contribution in [3.05, 3.63) is 33.8 Å². The van der Waals surface area contributed by atoms with Crippen molar-refractivity contribution < 1.29 is 4.79 Å². The Morgan fingerprint density at radius 1 is 1.41 bits per heavy atom. The van der Waals surface area contributed by atoms with Crippen LogP contribution < -0.4 is 10.6 Å². The van der Waals surface area contributed by atoms with E-state index in [0.29, 0.717) is 35.6 Å². The lowest BCUT2D eigenvalue weighted by Gasteiger charge is -2.23. The number of carbonyl (C=O) groups excluding carboxylic acids is 1. The summed E-state index contributed by atoms with van der Waals surface area (Å²) in [5.74, 6) is 0.129. The number of benzene rings is 1. The van der Waals surface area contributed by atoms with E-state index >= 15 is 0 Å². The molecule has 3 nitrogen and oxygen atoms in total. The number of hydrogen-bond donors (Lipinski definition) is 2. The molecule has 5 heteroatoms. The van der Waals surface area contributed by atoms with Gasteiger partial charge in [0.2, 0.25) is 5.91 Å². The van der Waals surface area contributed by atoms with Crippen molar-refractivity contribution in [2.45, 2.75) is 25.4 Å². The molecule has 92 valence electrons. The minimum Gasteiger partial charge on any atom is -0.355 e. The number of halogens is 2. The Morgan fingerprint density at radius 3 is 2.94 bits per heavy atom. The first-order valence-corrected chi connectivity index (χ1v) is 6.35. The molecular weight excluding hydrogens is 259 g/mol. The van der Waals surface area contributed by atoms with Gasteiger partial charge in [-0.05, 0) is 30.2 Å².